The lowest BCUT2D eigenvalue weighted by molar-refractivity contribution is -0.151. The Balaban J connectivity index is 1.94. The fourth-order valence-corrected chi connectivity index (χ4v) is 5.24. The molecule has 8 heteroatoms. The summed E-state index contributed by atoms with van der Waals surface area (Å²) in [6, 6.07) is -0.895. The van der Waals surface area contributed by atoms with Crippen LogP contribution in [0.3, 0.4) is 0 Å². The predicted octanol–water partition coefficient (Wildman–Crippen LogP) is 0.643. The number of likely N-dealkylation sites (tertiary alicyclic amines) is 1. The molecule has 0 aromatic rings. The van der Waals surface area contributed by atoms with Gasteiger partial charge in [0.25, 0.3) is 0 Å². The first-order valence-electron chi connectivity index (χ1n) is 10.1. The number of carbonyl (C=O) groups is 3. The molecule has 8 nitrogen and oxygen atoms in total. The molecule has 2 bridgehead atoms. The summed E-state index contributed by atoms with van der Waals surface area (Å²) in [4.78, 5) is 41.5. The Bertz CT molecular complexity index is 653. The molecule has 3 fully saturated rings. The topological polar surface area (TPSA) is 107 Å². The van der Waals surface area contributed by atoms with Gasteiger partial charge in [-0.2, -0.15) is 0 Å². The molecule has 2 N–H and O–H groups in total. The van der Waals surface area contributed by atoms with Gasteiger partial charge >= 0.3 is 5.97 Å². The third-order valence-electron chi connectivity index (χ3n) is 6.35. The zero-order valence-corrected chi connectivity index (χ0v) is 16.4. The minimum atomic E-state index is -1.11. The molecule has 28 heavy (non-hydrogen) atoms. The minimum absolute atomic E-state index is 0.00918. The van der Waals surface area contributed by atoms with Crippen LogP contribution in [0.2, 0.25) is 0 Å². The van der Waals surface area contributed by atoms with Gasteiger partial charge in [0.05, 0.1) is 24.5 Å². The maximum atomic E-state index is 13.5. The Morgan fingerprint density at radius 3 is 2.79 bits per heavy atom. The zero-order chi connectivity index (χ0) is 20.5. The quantitative estimate of drug-likeness (QED) is 0.416. The molecular weight excluding hydrogens is 364 g/mol. The SMILES string of the molecule is C=CCN(CCCCC)C(=O)C1N(CCO)C(=O)[C@@H]2[C@H](C(=O)O)[C@@H]3CCC12O3. The Labute approximate surface area is 165 Å². The number of carbonyl (C=O) groups excluding carboxylic acids is 2. The predicted molar refractivity (Wildman–Crippen MR) is 100 cm³/mol. The number of fused-ring (bicyclic) bond motifs is 1. The van der Waals surface area contributed by atoms with Gasteiger partial charge in [0.2, 0.25) is 11.8 Å². The molecule has 2 amide bonds. The molecule has 0 aromatic heterocycles. The lowest BCUT2D eigenvalue weighted by Gasteiger charge is -2.36. The monoisotopic (exact) mass is 394 g/mol. The highest BCUT2D eigenvalue weighted by atomic mass is 16.5. The van der Waals surface area contributed by atoms with E-state index in [4.69, 9.17) is 4.74 Å². The van der Waals surface area contributed by atoms with E-state index in [9.17, 15) is 24.6 Å². The average molecular weight is 394 g/mol. The molecule has 0 saturated carbocycles. The number of β-amino-alcohol motifs (C(OH)–C–C–N with tert-alkyl or cyclic N) is 1. The Hall–Kier alpha value is -1.93. The number of carboxylic acids is 1. The summed E-state index contributed by atoms with van der Waals surface area (Å²) in [6.07, 6.45) is 4.96. The third kappa shape index (κ3) is 3.12. The van der Waals surface area contributed by atoms with E-state index in [1.165, 1.54) is 4.90 Å². The van der Waals surface area contributed by atoms with Crippen LogP contribution in [0.1, 0.15) is 39.0 Å². The van der Waals surface area contributed by atoms with Crippen LogP contribution in [-0.2, 0) is 19.1 Å². The summed E-state index contributed by atoms with van der Waals surface area (Å²) in [5.74, 6) is -3.51. The molecule has 5 atom stereocenters. The van der Waals surface area contributed by atoms with E-state index in [1.807, 2.05) is 0 Å². The highest BCUT2D eigenvalue weighted by molar-refractivity contribution is 5.98. The van der Waals surface area contributed by atoms with E-state index in [-0.39, 0.29) is 19.1 Å². The number of ether oxygens (including phenoxy) is 1. The molecule has 1 spiro atoms. The van der Waals surface area contributed by atoms with E-state index < -0.39 is 41.5 Å². The smallest absolute Gasteiger partial charge is 0.310 e. The number of hydrogen-bond acceptors (Lipinski definition) is 5. The summed E-state index contributed by atoms with van der Waals surface area (Å²) in [5, 5.41) is 19.1. The van der Waals surface area contributed by atoms with Crippen LogP contribution in [-0.4, -0.2) is 81.8 Å². The Kier molecular flexibility index (Phi) is 6.09. The fourth-order valence-electron chi connectivity index (χ4n) is 5.24. The van der Waals surface area contributed by atoms with Crippen LogP contribution >= 0.6 is 0 Å². The molecule has 2 unspecified atom stereocenters. The van der Waals surface area contributed by atoms with Gasteiger partial charge in [0.15, 0.2) is 0 Å². The average Bonchev–Trinajstić information content (AvgIpc) is 3.29. The van der Waals surface area contributed by atoms with Crippen molar-refractivity contribution in [3.63, 3.8) is 0 Å². The van der Waals surface area contributed by atoms with E-state index >= 15 is 0 Å². The van der Waals surface area contributed by atoms with Crippen LogP contribution < -0.4 is 0 Å². The van der Waals surface area contributed by atoms with E-state index in [2.05, 4.69) is 13.5 Å². The molecule has 3 saturated heterocycles. The first-order valence-corrected chi connectivity index (χ1v) is 10.1. The zero-order valence-electron chi connectivity index (χ0n) is 16.4. The van der Waals surface area contributed by atoms with E-state index in [0.717, 1.165) is 19.3 Å². The van der Waals surface area contributed by atoms with Gasteiger partial charge in [-0.1, -0.05) is 25.8 Å². The maximum absolute atomic E-state index is 13.5. The second-order valence-corrected chi connectivity index (χ2v) is 7.93. The van der Waals surface area contributed by atoms with Crippen molar-refractivity contribution in [2.24, 2.45) is 11.8 Å². The summed E-state index contributed by atoms with van der Waals surface area (Å²) >= 11 is 0. The summed E-state index contributed by atoms with van der Waals surface area (Å²) in [5.41, 5.74) is -1.11. The summed E-state index contributed by atoms with van der Waals surface area (Å²) in [7, 11) is 0. The highest BCUT2D eigenvalue weighted by Gasteiger charge is 2.74. The lowest BCUT2D eigenvalue weighted by atomic mass is 9.70. The molecule has 0 aliphatic carbocycles. The van der Waals surface area contributed by atoms with Gasteiger partial charge in [0, 0.05) is 19.6 Å². The second-order valence-electron chi connectivity index (χ2n) is 7.93. The van der Waals surface area contributed by atoms with Crippen molar-refractivity contribution in [1.29, 1.82) is 0 Å². The van der Waals surface area contributed by atoms with Gasteiger partial charge in [-0.25, -0.2) is 0 Å². The van der Waals surface area contributed by atoms with Crippen molar-refractivity contribution in [1.82, 2.24) is 9.80 Å². The van der Waals surface area contributed by atoms with Crippen LogP contribution in [0.4, 0.5) is 0 Å². The van der Waals surface area contributed by atoms with Gasteiger partial charge in [0.1, 0.15) is 11.6 Å². The molecule has 0 radical (unpaired) electrons. The number of rotatable bonds is 10. The van der Waals surface area contributed by atoms with E-state index in [1.54, 1.807) is 11.0 Å². The number of hydrogen-bond donors (Lipinski definition) is 2. The first-order chi connectivity index (χ1) is 13.4. The molecule has 156 valence electrons. The molecular formula is C20H30N2O6. The molecule has 3 aliphatic heterocycles. The second kappa shape index (κ2) is 8.21. The van der Waals surface area contributed by atoms with Crippen LogP contribution in [0.5, 0.6) is 0 Å². The van der Waals surface area contributed by atoms with Gasteiger partial charge in [-0.3, -0.25) is 14.4 Å². The van der Waals surface area contributed by atoms with Gasteiger partial charge in [-0.05, 0) is 19.3 Å². The number of unbranched alkanes of at least 4 members (excludes halogenated alkanes) is 2. The number of amides is 2. The normalized spacial score (nSPS) is 33.2. The van der Waals surface area contributed by atoms with Gasteiger partial charge in [-0.15, -0.1) is 6.58 Å². The minimum Gasteiger partial charge on any atom is -0.481 e. The van der Waals surface area contributed by atoms with Crippen molar-refractivity contribution in [3.8, 4) is 0 Å². The van der Waals surface area contributed by atoms with Crippen LogP contribution in [0.15, 0.2) is 12.7 Å². The van der Waals surface area contributed by atoms with Crippen molar-refractivity contribution >= 4 is 17.8 Å². The first kappa shape index (κ1) is 20.8. The van der Waals surface area contributed by atoms with Crippen molar-refractivity contribution < 1.29 is 29.3 Å². The van der Waals surface area contributed by atoms with E-state index in [0.29, 0.717) is 25.9 Å². The highest BCUT2D eigenvalue weighted by Crippen LogP contribution is 2.58. The van der Waals surface area contributed by atoms with Crippen molar-refractivity contribution in [2.75, 3.05) is 26.2 Å². The molecule has 0 aromatic carbocycles. The van der Waals surface area contributed by atoms with Crippen molar-refractivity contribution in [2.45, 2.75) is 56.8 Å². The third-order valence-corrected chi connectivity index (χ3v) is 6.35. The fraction of sp³-hybridized carbons (Fsp3) is 0.750. The number of nitrogens with zero attached hydrogens (tertiary/aromatic N) is 2. The van der Waals surface area contributed by atoms with Crippen LogP contribution in [0, 0.1) is 11.8 Å². The Morgan fingerprint density at radius 1 is 1.43 bits per heavy atom. The number of aliphatic hydroxyl groups excluding tert-OH is 1. The lowest BCUT2D eigenvalue weighted by Crippen LogP contribution is -2.56. The summed E-state index contributed by atoms with van der Waals surface area (Å²) < 4.78 is 6.09. The van der Waals surface area contributed by atoms with Gasteiger partial charge < -0.3 is 24.7 Å². The Morgan fingerprint density at radius 2 is 2.18 bits per heavy atom. The molecule has 3 heterocycles. The summed E-state index contributed by atoms with van der Waals surface area (Å²) in [6.45, 7) is 6.41. The van der Waals surface area contributed by atoms with Crippen LogP contribution in [0.25, 0.3) is 0 Å². The number of aliphatic hydroxyl groups is 1. The maximum Gasteiger partial charge on any atom is 0.310 e. The molecule has 3 rings (SSSR count). The number of aliphatic carboxylic acids is 1. The standard InChI is InChI=1S/C20H30N2O6/c1-3-5-6-10-21(9-4-2)18(25)16-20-8-7-13(28-20)14(19(26)27)15(20)17(24)22(16)11-12-23/h4,13-16,23H,2-3,5-12H2,1H3,(H,26,27)/t13-,14+,15-,16?,20?/m0/s1. The largest absolute Gasteiger partial charge is 0.481 e. The van der Waals surface area contributed by atoms with Crippen molar-refractivity contribution in [3.05, 3.63) is 12.7 Å². The number of carboxylic acid groups (broad SMARTS) is 1. The molecule has 3 aliphatic rings.